The largest absolute Gasteiger partial charge is 0.326 e. The number of carbonyl (C=O) groups is 1. The first kappa shape index (κ1) is 13.7. The van der Waals surface area contributed by atoms with Crippen LogP contribution >= 0.6 is 15.9 Å². The summed E-state index contributed by atoms with van der Waals surface area (Å²) in [5.74, 6) is -0.228. The van der Waals surface area contributed by atoms with E-state index in [0.29, 0.717) is 12.2 Å². The van der Waals surface area contributed by atoms with Crippen molar-refractivity contribution in [3.8, 4) is 0 Å². The lowest BCUT2D eigenvalue weighted by molar-refractivity contribution is 0.102. The topological polar surface area (TPSA) is 68.0 Å². The van der Waals surface area contributed by atoms with E-state index in [2.05, 4.69) is 26.2 Å². The number of carbonyl (C=O) groups excluding carboxylic acids is 1. The quantitative estimate of drug-likeness (QED) is 0.914. The predicted molar refractivity (Wildman–Crippen MR) is 79.0 cm³/mol. The molecular weight excluding hydrogens is 306 g/mol. The number of nitrogens with one attached hydrogen (secondary N) is 1. The zero-order chi connectivity index (χ0) is 13.8. The summed E-state index contributed by atoms with van der Waals surface area (Å²) in [7, 11) is 0. The molecule has 3 N–H and O–H groups in total. The minimum absolute atomic E-state index is 0.228. The van der Waals surface area contributed by atoms with Crippen LogP contribution in [0.5, 0.6) is 0 Å². The first-order valence-electron chi connectivity index (χ1n) is 5.82. The molecule has 2 rings (SSSR count). The Labute approximate surface area is 120 Å². The third-order valence-electron chi connectivity index (χ3n) is 2.73. The van der Waals surface area contributed by atoms with Crippen LogP contribution in [0.15, 0.2) is 41.0 Å². The Bertz CT molecular complexity index is 596. The van der Waals surface area contributed by atoms with Crippen molar-refractivity contribution in [2.45, 2.75) is 13.5 Å². The maximum Gasteiger partial charge on any atom is 0.274 e. The van der Waals surface area contributed by atoms with Crippen LogP contribution in [0.4, 0.5) is 5.69 Å². The molecule has 19 heavy (non-hydrogen) atoms. The summed E-state index contributed by atoms with van der Waals surface area (Å²) in [5, 5.41) is 2.84. The summed E-state index contributed by atoms with van der Waals surface area (Å²) in [6.07, 6.45) is 1.61. The minimum Gasteiger partial charge on any atom is -0.326 e. The Balaban J connectivity index is 2.15. The summed E-state index contributed by atoms with van der Waals surface area (Å²) in [4.78, 5) is 16.1. The molecule has 0 radical (unpaired) electrons. The third-order valence-corrected chi connectivity index (χ3v) is 3.22. The molecule has 0 atom stereocenters. The van der Waals surface area contributed by atoms with Crippen LogP contribution in [0, 0.1) is 6.92 Å². The highest BCUT2D eigenvalue weighted by Gasteiger charge is 2.09. The zero-order valence-corrected chi connectivity index (χ0v) is 12.1. The van der Waals surface area contributed by atoms with Crippen molar-refractivity contribution in [3.05, 3.63) is 57.8 Å². The highest BCUT2D eigenvalue weighted by molar-refractivity contribution is 9.10. The summed E-state index contributed by atoms with van der Waals surface area (Å²) in [6, 6.07) is 9.15. The van der Waals surface area contributed by atoms with Gasteiger partial charge in [0.25, 0.3) is 5.91 Å². The van der Waals surface area contributed by atoms with E-state index in [9.17, 15) is 4.79 Å². The van der Waals surface area contributed by atoms with Gasteiger partial charge in [0, 0.05) is 22.9 Å². The summed E-state index contributed by atoms with van der Waals surface area (Å²) < 4.78 is 0.980. The van der Waals surface area contributed by atoms with Crippen molar-refractivity contribution in [1.29, 1.82) is 0 Å². The fourth-order valence-electron chi connectivity index (χ4n) is 1.63. The second-order valence-electron chi connectivity index (χ2n) is 4.17. The van der Waals surface area contributed by atoms with Crippen LogP contribution in [0.1, 0.15) is 21.6 Å². The van der Waals surface area contributed by atoms with Crippen LogP contribution in [0.3, 0.4) is 0 Å². The zero-order valence-electron chi connectivity index (χ0n) is 10.5. The molecule has 0 spiro atoms. The van der Waals surface area contributed by atoms with E-state index in [-0.39, 0.29) is 5.91 Å². The van der Waals surface area contributed by atoms with E-state index in [1.165, 1.54) is 0 Å². The first-order valence-corrected chi connectivity index (χ1v) is 6.62. The molecule has 98 valence electrons. The fourth-order valence-corrected chi connectivity index (χ4v) is 2.11. The Kier molecular flexibility index (Phi) is 4.29. The number of benzene rings is 1. The van der Waals surface area contributed by atoms with Gasteiger partial charge in [-0.25, -0.2) is 0 Å². The molecule has 1 heterocycles. The van der Waals surface area contributed by atoms with Gasteiger partial charge in [-0.1, -0.05) is 22.0 Å². The van der Waals surface area contributed by atoms with E-state index in [0.717, 1.165) is 21.3 Å². The second-order valence-corrected chi connectivity index (χ2v) is 5.08. The Morgan fingerprint density at radius 1 is 1.37 bits per heavy atom. The second kappa shape index (κ2) is 5.95. The van der Waals surface area contributed by atoms with Crippen LogP contribution in [0.25, 0.3) is 0 Å². The molecule has 0 unspecified atom stereocenters. The number of hydrogen-bond donors (Lipinski definition) is 2. The number of anilines is 1. The van der Waals surface area contributed by atoms with Gasteiger partial charge < -0.3 is 11.1 Å². The van der Waals surface area contributed by atoms with Crippen LogP contribution < -0.4 is 11.1 Å². The molecular formula is C14H14BrN3O. The number of nitrogens with zero attached hydrogens (tertiary/aromatic N) is 1. The smallest absolute Gasteiger partial charge is 0.274 e. The number of amides is 1. The van der Waals surface area contributed by atoms with E-state index >= 15 is 0 Å². The third kappa shape index (κ3) is 3.39. The molecule has 0 fully saturated rings. The van der Waals surface area contributed by atoms with Crippen molar-refractivity contribution in [3.63, 3.8) is 0 Å². The lowest BCUT2D eigenvalue weighted by Gasteiger charge is -2.08. The Hall–Kier alpha value is -1.72. The number of pyridine rings is 1. The van der Waals surface area contributed by atoms with Gasteiger partial charge >= 0.3 is 0 Å². The number of hydrogen-bond acceptors (Lipinski definition) is 3. The molecule has 2 aromatic rings. The van der Waals surface area contributed by atoms with Crippen molar-refractivity contribution in [2.24, 2.45) is 5.73 Å². The Morgan fingerprint density at radius 2 is 2.16 bits per heavy atom. The van der Waals surface area contributed by atoms with Crippen molar-refractivity contribution >= 4 is 27.5 Å². The molecule has 0 saturated heterocycles. The van der Waals surface area contributed by atoms with Gasteiger partial charge in [0.05, 0.1) is 0 Å². The molecule has 0 aliphatic rings. The molecule has 5 heteroatoms. The van der Waals surface area contributed by atoms with Crippen molar-refractivity contribution < 1.29 is 4.79 Å². The monoisotopic (exact) mass is 319 g/mol. The van der Waals surface area contributed by atoms with E-state index in [1.807, 2.05) is 25.1 Å². The first-order chi connectivity index (χ1) is 9.10. The van der Waals surface area contributed by atoms with Gasteiger partial charge in [0.1, 0.15) is 5.69 Å². The molecule has 1 aromatic heterocycles. The fraction of sp³-hybridized carbons (Fsp3) is 0.143. The maximum atomic E-state index is 12.0. The molecule has 1 amide bonds. The minimum atomic E-state index is -0.228. The molecule has 0 aliphatic carbocycles. The van der Waals surface area contributed by atoms with Gasteiger partial charge in [-0.15, -0.1) is 0 Å². The van der Waals surface area contributed by atoms with Crippen molar-refractivity contribution in [1.82, 2.24) is 4.98 Å². The average Bonchev–Trinajstić information content (AvgIpc) is 2.42. The summed E-state index contributed by atoms with van der Waals surface area (Å²) >= 11 is 3.39. The van der Waals surface area contributed by atoms with E-state index in [1.54, 1.807) is 18.3 Å². The summed E-state index contributed by atoms with van der Waals surface area (Å²) in [5.41, 5.74) is 8.53. The van der Waals surface area contributed by atoms with Crippen molar-refractivity contribution in [2.75, 3.05) is 5.32 Å². The molecule has 0 bridgehead atoms. The number of aromatic nitrogens is 1. The van der Waals surface area contributed by atoms with E-state index < -0.39 is 0 Å². The van der Waals surface area contributed by atoms with Crippen LogP contribution in [-0.4, -0.2) is 10.9 Å². The van der Waals surface area contributed by atoms with E-state index in [4.69, 9.17) is 5.73 Å². The number of aryl methyl sites for hydroxylation is 1. The highest BCUT2D eigenvalue weighted by Crippen LogP contribution is 2.20. The molecule has 4 nitrogen and oxygen atoms in total. The number of nitrogens with two attached hydrogens (primary N) is 1. The SMILES string of the molecule is Cc1cc(Br)ccc1NC(=O)c1ccc(CN)cn1. The number of rotatable bonds is 3. The average molecular weight is 320 g/mol. The lowest BCUT2D eigenvalue weighted by atomic mass is 10.2. The van der Waals surface area contributed by atoms with Crippen LogP contribution in [-0.2, 0) is 6.54 Å². The van der Waals surface area contributed by atoms with Gasteiger partial charge in [0.15, 0.2) is 0 Å². The molecule has 0 saturated carbocycles. The molecule has 0 aliphatic heterocycles. The lowest BCUT2D eigenvalue weighted by Crippen LogP contribution is -2.14. The van der Waals surface area contributed by atoms with Gasteiger partial charge in [0.2, 0.25) is 0 Å². The molecule has 1 aromatic carbocycles. The van der Waals surface area contributed by atoms with Gasteiger partial charge in [-0.2, -0.15) is 0 Å². The summed E-state index contributed by atoms with van der Waals surface area (Å²) in [6.45, 7) is 2.35. The predicted octanol–water partition coefficient (Wildman–Crippen LogP) is 2.86. The van der Waals surface area contributed by atoms with Gasteiger partial charge in [-0.05, 0) is 42.3 Å². The van der Waals surface area contributed by atoms with Gasteiger partial charge in [-0.3, -0.25) is 9.78 Å². The normalized spacial score (nSPS) is 10.3. The van der Waals surface area contributed by atoms with Crippen LogP contribution in [0.2, 0.25) is 0 Å². The highest BCUT2D eigenvalue weighted by atomic mass is 79.9. The maximum absolute atomic E-state index is 12.0. The standard InChI is InChI=1S/C14H14BrN3O/c1-9-6-11(15)3-5-12(9)18-14(19)13-4-2-10(7-16)8-17-13/h2-6,8H,7,16H2,1H3,(H,18,19). The number of halogens is 1. The Morgan fingerprint density at radius 3 is 2.74 bits per heavy atom.